The summed E-state index contributed by atoms with van der Waals surface area (Å²) in [4.78, 5) is 0. The van der Waals surface area contributed by atoms with Crippen LogP contribution in [0.25, 0.3) is 0 Å². The molecule has 3 N–H and O–H groups in total. The van der Waals surface area contributed by atoms with E-state index < -0.39 is 0 Å². The quantitative estimate of drug-likeness (QED) is 0.659. The van der Waals surface area contributed by atoms with Crippen molar-refractivity contribution in [2.45, 2.75) is 26.3 Å². The van der Waals surface area contributed by atoms with Gasteiger partial charge in [0, 0.05) is 5.02 Å². The Bertz CT molecular complexity index is 566. The lowest BCUT2D eigenvalue weighted by atomic mass is 9.94. The Labute approximate surface area is 119 Å². The predicted molar refractivity (Wildman–Crippen MR) is 81.1 cm³/mol. The Hall–Kier alpha value is -1.35. The van der Waals surface area contributed by atoms with Crippen LogP contribution in [-0.4, -0.2) is 0 Å². The van der Waals surface area contributed by atoms with E-state index in [9.17, 15) is 0 Å². The summed E-state index contributed by atoms with van der Waals surface area (Å²) in [6.45, 7) is 4.19. The van der Waals surface area contributed by atoms with Crippen molar-refractivity contribution in [3.05, 3.63) is 69.7 Å². The van der Waals surface area contributed by atoms with Gasteiger partial charge in [0.05, 0.1) is 6.04 Å². The fraction of sp³-hybridized carbons (Fsp3) is 0.250. The number of aryl methyl sites for hydroxylation is 2. The van der Waals surface area contributed by atoms with E-state index in [0.29, 0.717) is 0 Å². The molecule has 0 aliphatic heterocycles. The van der Waals surface area contributed by atoms with Crippen LogP contribution in [-0.2, 0) is 6.42 Å². The van der Waals surface area contributed by atoms with Crippen LogP contribution in [0.3, 0.4) is 0 Å². The molecule has 0 saturated carbocycles. The van der Waals surface area contributed by atoms with E-state index in [1.54, 1.807) is 0 Å². The first kappa shape index (κ1) is 14.1. The topological polar surface area (TPSA) is 38.0 Å². The van der Waals surface area contributed by atoms with Crippen molar-refractivity contribution in [3.8, 4) is 0 Å². The van der Waals surface area contributed by atoms with Gasteiger partial charge in [-0.2, -0.15) is 0 Å². The lowest BCUT2D eigenvalue weighted by molar-refractivity contribution is 0.549. The molecule has 0 saturated heterocycles. The molecule has 3 heteroatoms. The third kappa shape index (κ3) is 3.35. The van der Waals surface area contributed by atoms with Crippen molar-refractivity contribution in [2.75, 3.05) is 0 Å². The van der Waals surface area contributed by atoms with E-state index in [-0.39, 0.29) is 6.04 Å². The monoisotopic (exact) mass is 274 g/mol. The van der Waals surface area contributed by atoms with Crippen molar-refractivity contribution < 1.29 is 0 Å². The minimum Gasteiger partial charge on any atom is -0.271 e. The number of benzene rings is 2. The first-order valence-electron chi connectivity index (χ1n) is 6.38. The summed E-state index contributed by atoms with van der Waals surface area (Å²) in [7, 11) is 0. The highest BCUT2D eigenvalue weighted by atomic mass is 35.5. The Kier molecular flexibility index (Phi) is 4.59. The molecule has 2 aromatic carbocycles. The molecule has 0 bridgehead atoms. The summed E-state index contributed by atoms with van der Waals surface area (Å²) in [5.41, 5.74) is 7.71. The fourth-order valence-corrected chi connectivity index (χ4v) is 2.49. The molecule has 100 valence electrons. The van der Waals surface area contributed by atoms with Crippen LogP contribution in [0.15, 0.2) is 42.5 Å². The third-order valence-corrected chi connectivity index (χ3v) is 3.76. The number of halogens is 1. The Balaban J connectivity index is 2.30. The van der Waals surface area contributed by atoms with Gasteiger partial charge in [-0.3, -0.25) is 11.3 Å². The van der Waals surface area contributed by atoms with Gasteiger partial charge in [-0.25, -0.2) is 0 Å². The smallest absolute Gasteiger partial charge is 0.0503 e. The zero-order valence-electron chi connectivity index (χ0n) is 11.3. The number of rotatable bonds is 4. The van der Waals surface area contributed by atoms with Crippen LogP contribution in [0.1, 0.15) is 28.3 Å². The average Bonchev–Trinajstić information content (AvgIpc) is 2.41. The SMILES string of the molecule is Cc1ccc(C)c(C(Cc2ccccc2Cl)NN)c1. The van der Waals surface area contributed by atoms with E-state index in [2.05, 4.69) is 37.5 Å². The molecular formula is C16H19ClN2. The van der Waals surface area contributed by atoms with Gasteiger partial charge in [0.2, 0.25) is 0 Å². The second-order valence-corrected chi connectivity index (χ2v) is 5.28. The maximum Gasteiger partial charge on any atom is 0.0503 e. The molecule has 0 radical (unpaired) electrons. The number of nitrogens with one attached hydrogen (secondary N) is 1. The Morgan fingerprint density at radius 2 is 1.89 bits per heavy atom. The zero-order valence-corrected chi connectivity index (χ0v) is 12.0. The summed E-state index contributed by atoms with van der Waals surface area (Å²) >= 11 is 6.22. The summed E-state index contributed by atoms with van der Waals surface area (Å²) in [6.07, 6.45) is 0.778. The second-order valence-electron chi connectivity index (χ2n) is 4.87. The summed E-state index contributed by atoms with van der Waals surface area (Å²) < 4.78 is 0. The van der Waals surface area contributed by atoms with Crippen molar-refractivity contribution in [1.29, 1.82) is 0 Å². The predicted octanol–water partition coefficient (Wildman–Crippen LogP) is 3.70. The molecule has 0 aliphatic carbocycles. The number of hydrogen-bond acceptors (Lipinski definition) is 2. The number of hydrazine groups is 1. The molecule has 2 nitrogen and oxygen atoms in total. The van der Waals surface area contributed by atoms with Crippen LogP contribution in [0.4, 0.5) is 0 Å². The minimum atomic E-state index is 0.0693. The molecule has 0 spiro atoms. The van der Waals surface area contributed by atoms with Crippen LogP contribution < -0.4 is 11.3 Å². The fourth-order valence-electron chi connectivity index (χ4n) is 2.28. The first-order chi connectivity index (χ1) is 9.11. The highest BCUT2D eigenvalue weighted by Gasteiger charge is 2.14. The Morgan fingerprint density at radius 1 is 1.16 bits per heavy atom. The molecule has 0 fully saturated rings. The highest BCUT2D eigenvalue weighted by Crippen LogP contribution is 2.25. The van der Waals surface area contributed by atoms with Crippen molar-refractivity contribution in [1.82, 2.24) is 5.43 Å². The third-order valence-electron chi connectivity index (χ3n) is 3.39. The van der Waals surface area contributed by atoms with E-state index in [0.717, 1.165) is 17.0 Å². The molecule has 0 amide bonds. The van der Waals surface area contributed by atoms with Gasteiger partial charge in [0.25, 0.3) is 0 Å². The minimum absolute atomic E-state index is 0.0693. The van der Waals surface area contributed by atoms with Gasteiger partial charge in [-0.05, 0) is 43.0 Å². The normalized spacial score (nSPS) is 12.4. The molecule has 2 rings (SSSR count). The number of hydrogen-bond donors (Lipinski definition) is 2. The van der Waals surface area contributed by atoms with Crippen molar-refractivity contribution >= 4 is 11.6 Å². The lowest BCUT2D eigenvalue weighted by Crippen LogP contribution is -2.30. The summed E-state index contributed by atoms with van der Waals surface area (Å²) in [5, 5.41) is 0.785. The van der Waals surface area contributed by atoms with Crippen molar-refractivity contribution in [3.63, 3.8) is 0 Å². The highest BCUT2D eigenvalue weighted by molar-refractivity contribution is 6.31. The van der Waals surface area contributed by atoms with Gasteiger partial charge in [0.15, 0.2) is 0 Å². The van der Waals surface area contributed by atoms with Gasteiger partial charge in [-0.1, -0.05) is 53.6 Å². The van der Waals surface area contributed by atoms with E-state index in [4.69, 9.17) is 17.4 Å². The zero-order chi connectivity index (χ0) is 13.8. The van der Waals surface area contributed by atoms with Gasteiger partial charge in [0.1, 0.15) is 0 Å². The maximum atomic E-state index is 6.22. The van der Waals surface area contributed by atoms with Gasteiger partial charge < -0.3 is 0 Å². The second kappa shape index (κ2) is 6.20. The first-order valence-corrected chi connectivity index (χ1v) is 6.76. The molecule has 1 atom stereocenters. The summed E-state index contributed by atoms with van der Waals surface area (Å²) in [6, 6.07) is 14.4. The lowest BCUT2D eigenvalue weighted by Gasteiger charge is -2.20. The van der Waals surface area contributed by atoms with Gasteiger partial charge >= 0.3 is 0 Å². The summed E-state index contributed by atoms with van der Waals surface area (Å²) in [5.74, 6) is 5.73. The van der Waals surface area contributed by atoms with E-state index in [1.165, 1.54) is 16.7 Å². The molecule has 2 aromatic rings. The van der Waals surface area contributed by atoms with Crippen LogP contribution in [0, 0.1) is 13.8 Å². The molecule has 1 unspecified atom stereocenters. The van der Waals surface area contributed by atoms with Crippen LogP contribution in [0.5, 0.6) is 0 Å². The molecular weight excluding hydrogens is 256 g/mol. The maximum absolute atomic E-state index is 6.22. The molecule has 0 heterocycles. The van der Waals surface area contributed by atoms with E-state index in [1.807, 2.05) is 24.3 Å². The van der Waals surface area contributed by atoms with Crippen LogP contribution >= 0.6 is 11.6 Å². The molecule has 0 aliphatic rings. The molecule has 0 aromatic heterocycles. The van der Waals surface area contributed by atoms with Crippen molar-refractivity contribution in [2.24, 2.45) is 5.84 Å². The van der Waals surface area contributed by atoms with Gasteiger partial charge in [-0.15, -0.1) is 0 Å². The standard InChI is InChI=1S/C16H19ClN2/c1-11-7-8-12(2)14(9-11)16(19-18)10-13-5-3-4-6-15(13)17/h3-9,16,19H,10,18H2,1-2H3. The number of nitrogens with two attached hydrogens (primary N) is 1. The average molecular weight is 275 g/mol. The Morgan fingerprint density at radius 3 is 2.58 bits per heavy atom. The van der Waals surface area contributed by atoms with E-state index >= 15 is 0 Å². The largest absolute Gasteiger partial charge is 0.271 e. The molecule has 19 heavy (non-hydrogen) atoms. The van der Waals surface area contributed by atoms with Crippen LogP contribution in [0.2, 0.25) is 5.02 Å².